The van der Waals surface area contributed by atoms with E-state index in [4.69, 9.17) is 44.1 Å². The number of halogens is 7. The highest BCUT2D eigenvalue weighted by Crippen LogP contribution is 2.52. The summed E-state index contributed by atoms with van der Waals surface area (Å²) in [6.45, 7) is 3.95. The van der Waals surface area contributed by atoms with E-state index in [-0.39, 0.29) is 53.1 Å². The molecule has 0 bridgehead atoms. The van der Waals surface area contributed by atoms with Gasteiger partial charge in [0.25, 0.3) is 0 Å². The fraction of sp³-hybridized carbons (Fsp3) is 0.406. The number of methoxy groups -OCH3 is 1. The number of alkyl halides is 4. The van der Waals surface area contributed by atoms with E-state index in [2.05, 4.69) is 19.9 Å². The summed E-state index contributed by atoms with van der Waals surface area (Å²) in [5.41, 5.74) is 9.50. The van der Waals surface area contributed by atoms with Gasteiger partial charge >= 0.3 is 12.2 Å². The Morgan fingerprint density at radius 1 is 1.15 bits per heavy atom. The number of aromatic nitrogens is 3. The molecule has 3 aliphatic heterocycles. The Hall–Kier alpha value is -3.88. The number of ether oxygens (including phenoxy) is 2. The van der Waals surface area contributed by atoms with Crippen LogP contribution in [0.4, 0.5) is 39.3 Å². The second-order valence-electron chi connectivity index (χ2n) is 11.8. The molecule has 3 aliphatic rings. The molecule has 0 radical (unpaired) electrons. The Balaban J connectivity index is 0.000000381. The maximum Gasteiger partial charge on any atom is 0.418 e. The minimum Gasteiger partial charge on any atom is -0.489 e. The van der Waals surface area contributed by atoms with Crippen molar-refractivity contribution in [1.82, 2.24) is 19.9 Å². The molecule has 2 fully saturated rings. The van der Waals surface area contributed by atoms with Crippen molar-refractivity contribution in [1.29, 1.82) is 0 Å². The van der Waals surface area contributed by atoms with Gasteiger partial charge < -0.3 is 25.8 Å². The van der Waals surface area contributed by atoms with Crippen molar-refractivity contribution in [2.24, 2.45) is 0 Å². The molecule has 0 amide bonds. The Labute approximate surface area is 282 Å². The van der Waals surface area contributed by atoms with Gasteiger partial charge in [0.15, 0.2) is 11.6 Å². The van der Waals surface area contributed by atoms with Crippen LogP contribution in [-0.4, -0.2) is 65.4 Å². The second kappa shape index (κ2) is 13.2. The average molecular weight is 713 g/mol. The van der Waals surface area contributed by atoms with Gasteiger partial charge in [-0.05, 0) is 50.9 Å². The fourth-order valence-electron chi connectivity index (χ4n) is 6.73. The van der Waals surface area contributed by atoms with Gasteiger partial charge in [-0.2, -0.15) is 23.1 Å². The fourth-order valence-corrected chi connectivity index (χ4v) is 7.39. The minimum atomic E-state index is -4.95. The van der Waals surface area contributed by atoms with Gasteiger partial charge in [0.2, 0.25) is 0 Å². The Kier molecular flexibility index (Phi) is 9.35. The van der Waals surface area contributed by atoms with Crippen molar-refractivity contribution in [2.75, 3.05) is 49.7 Å². The van der Waals surface area contributed by atoms with E-state index in [0.717, 1.165) is 25.1 Å². The number of fused-ring (bicyclic) bond motifs is 1. The van der Waals surface area contributed by atoms with Gasteiger partial charge in [0.05, 0.1) is 40.7 Å². The van der Waals surface area contributed by atoms with E-state index < -0.39 is 50.9 Å². The largest absolute Gasteiger partial charge is 0.489 e. The van der Waals surface area contributed by atoms with Crippen LogP contribution in [0.5, 0.6) is 11.8 Å². The third kappa shape index (κ3) is 6.21. The number of nitrogens with zero attached hydrogens (tertiary/aromatic N) is 5. The van der Waals surface area contributed by atoms with Crippen LogP contribution in [0.3, 0.4) is 0 Å². The first-order chi connectivity index (χ1) is 22.8. The first-order valence-corrected chi connectivity index (χ1v) is 16.0. The summed E-state index contributed by atoms with van der Waals surface area (Å²) >= 11 is 12.6. The lowest BCUT2D eigenvalue weighted by atomic mass is 9.95. The molecule has 2 saturated heterocycles. The molecular weight excluding hydrogens is 680 g/mol. The summed E-state index contributed by atoms with van der Waals surface area (Å²) in [6, 6.07) is 5.34. The van der Waals surface area contributed by atoms with Crippen LogP contribution in [0.15, 0.2) is 30.5 Å². The summed E-state index contributed by atoms with van der Waals surface area (Å²) in [6.07, 6.45) is -0.593. The van der Waals surface area contributed by atoms with Crippen LogP contribution >= 0.6 is 23.2 Å². The molecule has 0 saturated carbocycles. The van der Waals surface area contributed by atoms with Gasteiger partial charge in [0, 0.05) is 41.2 Å². The number of benzene rings is 2. The molecule has 4 aromatic rings. The Morgan fingerprint density at radius 2 is 1.92 bits per heavy atom. The third-order valence-electron chi connectivity index (χ3n) is 8.89. The van der Waals surface area contributed by atoms with E-state index in [0.29, 0.717) is 18.2 Å². The molecule has 48 heavy (non-hydrogen) atoms. The van der Waals surface area contributed by atoms with Crippen molar-refractivity contribution in [2.45, 2.75) is 50.6 Å². The van der Waals surface area contributed by atoms with Gasteiger partial charge in [-0.1, -0.05) is 29.3 Å². The molecule has 9 nitrogen and oxygen atoms in total. The van der Waals surface area contributed by atoms with Crippen molar-refractivity contribution in [3.05, 3.63) is 57.5 Å². The van der Waals surface area contributed by atoms with E-state index in [1.165, 1.54) is 20.0 Å². The molecule has 2 aromatic heterocycles. The molecule has 7 rings (SSSR count). The molecule has 4 N–H and O–H groups in total. The summed E-state index contributed by atoms with van der Waals surface area (Å²) in [5.74, 6) is -0.785. The van der Waals surface area contributed by atoms with Crippen LogP contribution < -0.4 is 25.8 Å². The first kappa shape index (κ1) is 34.0. The van der Waals surface area contributed by atoms with Gasteiger partial charge in [-0.3, -0.25) is 4.90 Å². The maximum absolute atomic E-state index is 16.3. The molecular formula is C32H32Cl2F5N7O2. The van der Waals surface area contributed by atoms with Crippen LogP contribution in [0, 0.1) is 5.82 Å². The topological polar surface area (TPSA) is 116 Å². The highest BCUT2D eigenvalue weighted by Gasteiger charge is 2.40. The summed E-state index contributed by atoms with van der Waals surface area (Å²) in [7, 11) is 1.28. The Morgan fingerprint density at radius 3 is 2.60 bits per heavy atom. The zero-order valence-electron chi connectivity index (χ0n) is 25.9. The van der Waals surface area contributed by atoms with Crippen molar-refractivity contribution < 1.29 is 31.4 Å². The van der Waals surface area contributed by atoms with Crippen LogP contribution in [0.25, 0.3) is 22.0 Å². The predicted molar refractivity (Wildman–Crippen MR) is 175 cm³/mol. The maximum atomic E-state index is 16.3. The summed E-state index contributed by atoms with van der Waals surface area (Å²) in [5, 5.41) is -1.08. The zero-order chi connectivity index (χ0) is 34.5. The lowest BCUT2D eigenvalue weighted by Gasteiger charge is -2.30. The number of nitrogen functional groups attached to an aromatic ring is 2. The number of hydrogen-bond acceptors (Lipinski definition) is 9. The highest BCUT2D eigenvalue weighted by molar-refractivity contribution is 6.37. The Bertz CT molecular complexity index is 1850. The van der Waals surface area contributed by atoms with Gasteiger partial charge in [-0.15, -0.1) is 0 Å². The minimum absolute atomic E-state index is 0.0207. The van der Waals surface area contributed by atoms with Crippen LogP contribution in [0.1, 0.15) is 43.4 Å². The van der Waals surface area contributed by atoms with Crippen LogP contribution in [-0.2, 0) is 6.18 Å². The van der Waals surface area contributed by atoms with Gasteiger partial charge in [0.1, 0.15) is 29.9 Å². The summed E-state index contributed by atoms with van der Waals surface area (Å²) in [4.78, 5) is 16.8. The molecule has 2 aromatic carbocycles. The molecule has 3 atom stereocenters. The lowest BCUT2D eigenvalue weighted by Crippen LogP contribution is -2.31. The van der Waals surface area contributed by atoms with Crippen molar-refractivity contribution in [3.63, 3.8) is 0 Å². The smallest absolute Gasteiger partial charge is 0.418 e. The second-order valence-corrected chi connectivity index (χ2v) is 12.6. The van der Waals surface area contributed by atoms with E-state index >= 15 is 4.39 Å². The highest BCUT2D eigenvalue weighted by atomic mass is 35.5. The zero-order valence-corrected chi connectivity index (χ0v) is 27.4. The normalized spacial score (nSPS) is 19.7. The number of anilines is 3. The molecule has 16 heteroatoms. The van der Waals surface area contributed by atoms with Crippen LogP contribution in [0.2, 0.25) is 10.0 Å². The molecule has 0 spiro atoms. The lowest BCUT2D eigenvalue weighted by molar-refractivity contribution is -0.137. The van der Waals surface area contributed by atoms with Gasteiger partial charge in [-0.25, -0.2) is 13.8 Å². The average Bonchev–Trinajstić information content (AvgIpc) is 3.54. The summed E-state index contributed by atoms with van der Waals surface area (Å²) < 4.78 is 82.4. The van der Waals surface area contributed by atoms with Crippen molar-refractivity contribution >= 4 is 51.4 Å². The molecule has 5 heterocycles. The SMILES string of the molecule is COc1nc2c3c(c(Cl)c(-c4cc(N)cc(Cl)c4C(F)(F)F)c(F)c3n1)OCCN2C(C)c1cccnc1N.FC1CC2CCCN2C1. The van der Waals surface area contributed by atoms with E-state index in [1.807, 2.05) is 6.92 Å². The van der Waals surface area contributed by atoms with E-state index in [9.17, 15) is 17.6 Å². The number of nitrogens with two attached hydrogens (primary N) is 2. The molecule has 256 valence electrons. The van der Waals surface area contributed by atoms with E-state index in [1.54, 1.807) is 23.2 Å². The molecule has 3 unspecified atom stereocenters. The van der Waals surface area contributed by atoms with Crippen molar-refractivity contribution in [3.8, 4) is 22.9 Å². The number of rotatable bonds is 4. The monoisotopic (exact) mass is 711 g/mol. The molecule has 0 aliphatic carbocycles. The number of pyridine rings is 1. The predicted octanol–water partition coefficient (Wildman–Crippen LogP) is 7.48. The first-order valence-electron chi connectivity index (χ1n) is 15.2. The number of hydrogen-bond donors (Lipinski definition) is 2. The standard InChI is InChI=1S/C25H20Cl2F4N6O2.C7H12FN/c1-10(12-4-3-5-34-22(12)33)37-6-7-39-21-16-20(35-24(38-2)36-23(16)37)19(28)15(18(21)27)13-8-11(32)9-14(26)17(13)25(29,30)31;8-6-4-7-2-1-3-9(7)5-6/h3-5,8-10H,6-7,32H2,1-2H3,(H2,33,34);6-7H,1-5H2. The quantitative estimate of drug-likeness (QED) is 0.164. The third-order valence-corrected chi connectivity index (χ3v) is 9.55.